The number of carboxylic acids is 1. The van der Waals surface area contributed by atoms with Gasteiger partial charge in [-0.05, 0) is 12.8 Å². The molecule has 1 fully saturated rings. The summed E-state index contributed by atoms with van der Waals surface area (Å²) in [5.41, 5.74) is 0. The molecule has 0 aromatic rings. The second-order valence-electron chi connectivity index (χ2n) is 3.10. The highest BCUT2D eigenvalue weighted by atomic mass is 16.4. The van der Waals surface area contributed by atoms with Crippen molar-refractivity contribution in [1.29, 1.82) is 0 Å². The average molecular weight is 172 g/mol. The Balaban J connectivity index is 2.59. The number of Topliss-reactive ketones (excluding diaryl/α,β-unsaturated/α-hetero) is 1. The van der Waals surface area contributed by atoms with E-state index in [0.717, 1.165) is 12.8 Å². The lowest BCUT2D eigenvalue weighted by atomic mass is 9.84. The van der Waals surface area contributed by atoms with Gasteiger partial charge in [-0.3, -0.25) is 4.79 Å². The number of aliphatic carboxylic acids is 1. The fourth-order valence-electron chi connectivity index (χ4n) is 1.52. The molecule has 4 heteroatoms. The van der Waals surface area contributed by atoms with Gasteiger partial charge in [0.15, 0.2) is 6.10 Å². The Morgan fingerprint density at radius 1 is 1.50 bits per heavy atom. The minimum absolute atomic E-state index is 0.115. The van der Waals surface area contributed by atoms with Crippen molar-refractivity contribution in [2.75, 3.05) is 0 Å². The minimum atomic E-state index is -1.50. The van der Waals surface area contributed by atoms with Crippen LogP contribution in [-0.2, 0) is 9.59 Å². The zero-order valence-corrected chi connectivity index (χ0v) is 6.69. The van der Waals surface area contributed by atoms with Crippen LogP contribution < -0.4 is 0 Å². The lowest BCUT2D eigenvalue weighted by molar-refractivity contribution is -0.153. The van der Waals surface area contributed by atoms with E-state index in [9.17, 15) is 9.59 Å². The van der Waals surface area contributed by atoms with Crippen LogP contribution >= 0.6 is 0 Å². The van der Waals surface area contributed by atoms with Crippen LogP contribution in [0.1, 0.15) is 25.7 Å². The van der Waals surface area contributed by atoms with Crippen molar-refractivity contribution >= 4 is 11.8 Å². The summed E-state index contributed by atoms with van der Waals surface area (Å²) in [6.07, 6.45) is 1.07. The highest BCUT2D eigenvalue weighted by Gasteiger charge is 2.33. The molecule has 0 aliphatic heterocycles. The molecule has 68 valence electrons. The molecule has 0 spiro atoms. The van der Waals surface area contributed by atoms with E-state index in [-0.39, 0.29) is 5.78 Å². The molecule has 0 amide bonds. The van der Waals surface area contributed by atoms with E-state index in [2.05, 4.69) is 0 Å². The monoisotopic (exact) mass is 172 g/mol. The Morgan fingerprint density at radius 2 is 2.17 bits per heavy atom. The lowest BCUT2D eigenvalue weighted by Gasteiger charge is -2.22. The van der Waals surface area contributed by atoms with Crippen LogP contribution in [0.2, 0.25) is 0 Å². The summed E-state index contributed by atoms with van der Waals surface area (Å²) in [6, 6.07) is 0. The Morgan fingerprint density at radius 3 is 2.67 bits per heavy atom. The Hall–Kier alpha value is -0.900. The van der Waals surface area contributed by atoms with Gasteiger partial charge in [0.2, 0.25) is 0 Å². The number of hydrogen-bond acceptors (Lipinski definition) is 3. The van der Waals surface area contributed by atoms with Gasteiger partial charge >= 0.3 is 5.97 Å². The molecule has 1 aliphatic rings. The zero-order chi connectivity index (χ0) is 9.14. The van der Waals surface area contributed by atoms with Crippen LogP contribution in [-0.4, -0.2) is 28.1 Å². The molecular weight excluding hydrogens is 160 g/mol. The largest absolute Gasteiger partial charge is 0.479 e. The Labute approximate surface area is 70.2 Å². The van der Waals surface area contributed by atoms with Crippen LogP contribution in [0, 0.1) is 5.92 Å². The third kappa shape index (κ3) is 1.82. The first-order valence-electron chi connectivity index (χ1n) is 4.06. The van der Waals surface area contributed by atoms with Gasteiger partial charge in [-0.2, -0.15) is 0 Å². The molecule has 0 aromatic carbocycles. The van der Waals surface area contributed by atoms with E-state index in [4.69, 9.17) is 10.2 Å². The molecule has 4 nitrogen and oxygen atoms in total. The van der Waals surface area contributed by atoms with Gasteiger partial charge in [-0.25, -0.2) is 4.79 Å². The van der Waals surface area contributed by atoms with E-state index < -0.39 is 18.0 Å². The second kappa shape index (κ2) is 3.67. The van der Waals surface area contributed by atoms with Crippen LogP contribution in [0.5, 0.6) is 0 Å². The van der Waals surface area contributed by atoms with Crippen LogP contribution in [0.4, 0.5) is 0 Å². The van der Waals surface area contributed by atoms with Crippen LogP contribution in [0.15, 0.2) is 0 Å². The fraction of sp³-hybridized carbons (Fsp3) is 0.750. The molecule has 1 saturated carbocycles. The van der Waals surface area contributed by atoms with Gasteiger partial charge in [0.1, 0.15) is 5.78 Å². The van der Waals surface area contributed by atoms with E-state index in [1.165, 1.54) is 0 Å². The van der Waals surface area contributed by atoms with Gasteiger partial charge in [-0.1, -0.05) is 6.42 Å². The number of ketones is 1. The standard InChI is InChI=1S/C8H12O4/c9-6-4-2-1-3-5(6)7(10)8(11)12/h5,7,10H,1-4H2,(H,11,12). The van der Waals surface area contributed by atoms with Gasteiger partial charge in [0.25, 0.3) is 0 Å². The topological polar surface area (TPSA) is 74.6 Å². The molecule has 1 aliphatic carbocycles. The molecule has 0 radical (unpaired) electrons. The van der Waals surface area contributed by atoms with Gasteiger partial charge in [0.05, 0.1) is 5.92 Å². The third-order valence-electron chi connectivity index (χ3n) is 2.24. The van der Waals surface area contributed by atoms with Crippen molar-refractivity contribution in [3.63, 3.8) is 0 Å². The van der Waals surface area contributed by atoms with Crippen molar-refractivity contribution in [2.24, 2.45) is 5.92 Å². The summed E-state index contributed by atoms with van der Waals surface area (Å²) < 4.78 is 0. The first-order valence-corrected chi connectivity index (χ1v) is 4.06. The highest BCUT2D eigenvalue weighted by molar-refractivity contribution is 5.87. The molecule has 0 saturated heterocycles. The average Bonchev–Trinajstić information content (AvgIpc) is 2.04. The number of carboxylic acid groups (broad SMARTS) is 1. The SMILES string of the molecule is O=C(O)C(O)C1CCCCC1=O. The van der Waals surface area contributed by atoms with Crippen molar-refractivity contribution in [3.8, 4) is 0 Å². The number of carbonyl (C=O) groups excluding carboxylic acids is 1. The van der Waals surface area contributed by atoms with E-state index in [1.54, 1.807) is 0 Å². The van der Waals surface area contributed by atoms with Crippen molar-refractivity contribution in [1.82, 2.24) is 0 Å². The maximum Gasteiger partial charge on any atom is 0.333 e. The predicted molar refractivity (Wildman–Crippen MR) is 40.6 cm³/mol. The first kappa shape index (κ1) is 9.19. The molecule has 12 heavy (non-hydrogen) atoms. The number of aliphatic hydroxyl groups is 1. The predicted octanol–water partition coefficient (Wildman–Crippen LogP) is 0.191. The maximum atomic E-state index is 11.1. The van der Waals surface area contributed by atoms with E-state index >= 15 is 0 Å². The molecule has 1 rings (SSSR count). The lowest BCUT2D eigenvalue weighted by Crippen LogP contribution is -2.36. The molecule has 0 bridgehead atoms. The van der Waals surface area contributed by atoms with E-state index in [1.807, 2.05) is 0 Å². The normalized spacial score (nSPS) is 26.8. The van der Waals surface area contributed by atoms with Gasteiger partial charge < -0.3 is 10.2 Å². The molecular formula is C8H12O4. The minimum Gasteiger partial charge on any atom is -0.479 e. The number of hydrogen-bond donors (Lipinski definition) is 2. The maximum absolute atomic E-state index is 11.1. The third-order valence-corrected chi connectivity index (χ3v) is 2.24. The van der Waals surface area contributed by atoms with Gasteiger partial charge in [-0.15, -0.1) is 0 Å². The summed E-state index contributed by atoms with van der Waals surface area (Å²) >= 11 is 0. The number of rotatable bonds is 2. The van der Waals surface area contributed by atoms with E-state index in [0.29, 0.717) is 12.8 Å². The zero-order valence-electron chi connectivity index (χ0n) is 6.69. The fourth-order valence-corrected chi connectivity index (χ4v) is 1.52. The summed E-state index contributed by atoms with van der Waals surface area (Å²) in [6.45, 7) is 0. The van der Waals surface area contributed by atoms with Crippen LogP contribution in [0.3, 0.4) is 0 Å². The van der Waals surface area contributed by atoms with Crippen molar-refractivity contribution < 1.29 is 19.8 Å². The molecule has 2 atom stereocenters. The second-order valence-corrected chi connectivity index (χ2v) is 3.10. The summed E-state index contributed by atoms with van der Waals surface area (Å²) in [5, 5.41) is 17.6. The van der Waals surface area contributed by atoms with Crippen molar-refractivity contribution in [2.45, 2.75) is 31.8 Å². The van der Waals surface area contributed by atoms with Crippen molar-refractivity contribution in [3.05, 3.63) is 0 Å². The highest BCUT2D eigenvalue weighted by Crippen LogP contribution is 2.23. The van der Waals surface area contributed by atoms with Crippen LogP contribution in [0.25, 0.3) is 0 Å². The molecule has 2 N–H and O–H groups in total. The summed E-state index contributed by atoms with van der Waals surface area (Å²) in [4.78, 5) is 21.5. The number of carbonyl (C=O) groups is 2. The summed E-state index contributed by atoms with van der Waals surface area (Å²) in [5.74, 6) is -2.08. The Kier molecular flexibility index (Phi) is 2.81. The smallest absolute Gasteiger partial charge is 0.333 e. The molecule has 0 heterocycles. The first-order chi connectivity index (χ1) is 5.63. The number of aliphatic hydroxyl groups excluding tert-OH is 1. The summed E-state index contributed by atoms with van der Waals surface area (Å²) in [7, 11) is 0. The Bertz CT molecular complexity index is 199. The quantitative estimate of drug-likeness (QED) is 0.623. The molecule has 2 unspecified atom stereocenters. The van der Waals surface area contributed by atoms with Gasteiger partial charge in [0, 0.05) is 6.42 Å². The molecule has 0 aromatic heterocycles.